The summed E-state index contributed by atoms with van der Waals surface area (Å²) in [6.45, 7) is 18.6. The number of aromatic nitrogens is 4. The molecular formula is C48H72Br2N6O4. The lowest BCUT2D eigenvalue weighted by Crippen LogP contribution is -3.00. The van der Waals surface area contributed by atoms with Crippen molar-refractivity contribution < 1.29 is 42.9 Å². The zero-order chi connectivity index (χ0) is 41.4. The Morgan fingerprint density at radius 2 is 0.733 bits per heavy atom. The number of nitrogens with zero attached hydrogens (tertiary/aromatic N) is 6. The third kappa shape index (κ3) is 14.4. The SMILES string of the molecule is CC[N+]1(Cc2ccccc2)CCCCCn2c(C)cc(=O)n(c2=O)CCCCC[N+](CC)(Cc2ccccc2)CCCCCn2c(=O)cc(C)n(c2=O)CCCCC1.[Br-].[Br-]. The second-order valence-electron chi connectivity index (χ2n) is 17.2. The van der Waals surface area contributed by atoms with Gasteiger partial charge in [0, 0.05) is 60.8 Å². The van der Waals surface area contributed by atoms with Gasteiger partial charge in [-0.05, 0) is 105 Å². The molecule has 2 aromatic carbocycles. The van der Waals surface area contributed by atoms with Crippen LogP contribution in [-0.2, 0) is 39.3 Å². The summed E-state index contributed by atoms with van der Waals surface area (Å²) in [6.07, 6.45) is 11.4. The Balaban J connectivity index is 0.00000480. The van der Waals surface area contributed by atoms with Crippen LogP contribution in [0.3, 0.4) is 0 Å². The average molecular weight is 957 g/mol. The van der Waals surface area contributed by atoms with Crippen LogP contribution in [0, 0.1) is 13.8 Å². The van der Waals surface area contributed by atoms with E-state index in [0.717, 1.165) is 150 Å². The normalized spacial score (nSPS) is 20.7. The van der Waals surface area contributed by atoms with E-state index in [4.69, 9.17) is 0 Å². The van der Waals surface area contributed by atoms with Gasteiger partial charge in [-0.1, -0.05) is 60.7 Å². The van der Waals surface area contributed by atoms with Crippen LogP contribution in [0.1, 0.15) is 113 Å². The van der Waals surface area contributed by atoms with E-state index in [0.29, 0.717) is 26.2 Å². The maximum atomic E-state index is 13.7. The first kappa shape index (κ1) is 51.0. The average Bonchev–Trinajstić information content (AvgIpc) is 3.21. The molecule has 332 valence electrons. The predicted octanol–water partition coefficient (Wildman–Crippen LogP) is 1.43. The van der Waals surface area contributed by atoms with E-state index in [1.54, 1.807) is 12.1 Å². The molecule has 0 radical (unpaired) electrons. The Morgan fingerprint density at radius 3 is 1.03 bits per heavy atom. The van der Waals surface area contributed by atoms with E-state index >= 15 is 0 Å². The molecule has 3 heterocycles. The minimum atomic E-state index is -0.195. The van der Waals surface area contributed by atoms with Crippen molar-refractivity contribution in [2.24, 2.45) is 0 Å². The van der Waals surface area contributed by atoms with Crippen LogP contribution in [0.25, 0.3) is 0 Å². The lowest BCUT2D eigenvalue weighted by Gasteiger charge is -2.38. The number of hydrogen-bond donors (Lipinski definition) is 0. The van der Waals surface area contributed by atoms with E-state index in [2.05, 4.69) is 74.5 Å². The van der Waals surface area contributed by atoms with Crippen molar-refractivity contribution in [1.82, 2.24) is 18.3 Å². The molecule has 12 heteroatoms. The topological polar surface area (TPSA) is 88.0 Å². The molecule has 4 bridgehead atoms. The largest absolute Gasteiger partial charge is 1.00 e. The van der Waals surface area contributed by atoms with Crippen molar-refractivity contribution in [2.45, 2.75) is 144 Å². The predicted molar refractivity (Wildman–Crippen MR) is 236 cm³/mol. The lowest BCUT2D eigenvalue weighted by molar-refractivity contribution is -0.939. The summed E-state index contributed by atoms with van der Waals surface area (Å²) in [5.41, 5.74) is 3.43. The van der Waals surface area contributed by atoms with Crippen molar-refractivity contribution in [3.63, 3.8) is 0 Å². The molecule has 1 aliphatic rings. The molecular weight excluding hydrogens is 884 g/mol. The molecule has 2 aromatic heterocycles. The van der Waals surface area contributed by atoms with Crippen molar-refractivity contribution in [2.75, 3.05) is 39.3 Å². The number of aryl methyl sites for hydroxylation is 2. The van der Waals surface area contributed by atoms with Crippen LogP contribution in [0.15, 0.2) is 92.0 Å². The molecule has 1 aliphatic heterocycles. The highest BCUT2D eigenvalue weighted by atomic mass is 79.9. The fourth-order valence-corrected chi connectivity index (χ4v) is 9.32. The third-order valence-corrected chi connectivity index (χ3v) is 13.1. The van der Waals surface area contributed by atoms with E-state index in [1.807, 2.05) is 23.0 Å². The Bertz CT molecular complexity index is 2010. The molecule has 0 saturated heterocycles. The van der Waals surface area contributed by atoms with Crippen molar-refractivity contribution >= 4 is 0 Å². The zero-order valence-electron chi connectivity index (χ0n) is 37.0. The van der Waals surface area contributed by atoms with Gasteiger partial charge in [0.25, 0.3) is 11.1 Å². The summed E-state index contributed by atoms with van der Waals surface area (Å²) >= 11 is 0. The molecule has 0 spiro atoms. The summed E-state index contributed by atoms with van der Waals surface area (Å²) in [5, 5.41) is 0. The fraction of sp³-hybridized carbons (Fsp3) is 0.583. The van der Waals surface area contributed by atoms with Gasteiger partial charge in [0.15, 0.2) is 0 Å². The van der Waals surface area contributed by atoms with Crippen molar-refractivity contribution in [3.05, 3.63) is 137 Å². The number of rotatable bonds is 6. The highest BCUT2D eigenvalue weighted by molar-refractivity contribution is 5.14. The molecule has 0 atom stereocenters. The summed E-state index contributed by atoms with van der Waals surface area (Å²) < 4.78 is 8.52. The van der Waals surface area contributed by atoms with Crippen LogP contribution >= 0.6 is 0 Å². The molecule has 0 N–H and O–H groups in total. The monoisotopic (exact) mass is 954 g/mol. The molecule has 0 saturated carbocycles. The number of hydrogen-bond acceptors (Lipinski definition) is 4. The third-order valence-electron chi connectivity index (χ3n) is 13.1. The van der Waals surface area contributed by atoms with Gasteiger partial charge in [-0.25, -0.2) is 9.59 Å². The fourth-order valence-electron chi connectivity index (χ4n) is 9.32. The molecule has 0 aliphatic carbocycles. The molecule has 4 aromatic rings. The highest BCUT2D eigenvalue weighted by Gasteiger charge is 2.27. The second-order valence-corrected chi connectivity index (χ2v) is 17.2. The molecule has 10 nitrogen and oxygen atoms in total. The smallest absolute Gasteiger partial charge is 0.331 e. The van der Waals surface area contributed by atoms with Gasteiger partial charge in [0.1, 0.15) is 13.1 Å². The van der Waals surface area contributed by atoms with Crippen LogP contribution < -0.4 is 56.5 Å². The number of halogens is 2. The van der Waals surface area contributed by atoms with E-state index < -0.39 is 0 Å². The van der Waals surface area contributed by atoms with E-state index in [9.17, 15) is 19.2 Å². The molecule has 0 fully saturated rings. The number of fused-ring (bicyclic) bond motifs is 4. The quantitative estimate of drug-likeness (QED) is 0.274. The number of benzene rings is 2. The highest BCUT2D eigenvalue weighted by Crippen LogP contribution is 2.21. The molecule has 5 rings (SSSR count). The summed E-state index contributed by atoms with van der Waals surface area (Å²) in [7, 11) is 0. The maximum Gasteiger partial charge on any atom is 0.331 e. The standard InChI is InChI=1S/C48H72N6O4.2BrH/c1-5-53(39-43-25-13-7-14-26-43)33-21-9-17-29-49-41(3)37-45(55)51(47(49)57)31-19-11-23-35-54(6-2,40-44-27-15-8-16-28-44)36-24-12-20-32-52-46(56)38-42(4)50(48(52)58)30-18-10-22-34-53;;/h7-8,13-16,25-28,37-38H,5-6,9-12,17-24,29-36,39-40H2,1-4H3;2*1H/q+2;;/p-2. The van der Waals surface area contributed by atoms with Gasteiger partial charge in [-0.2, -0.15) is 0 Å². The van der Waals surface area contributed by atoms with Crippen molar-refractivity contribution in [3.8, 4) is 0 Å². The lowest BCUT2D eigenvalue weighted by atomic mass is 10.1. The number of quaternary nitrogens is 2. The van der Waals surface area contributed by atoms with Gasteiger partial charge in [0.2, 0.25) is 0 Å². The van der Waals surface area contributed by atoms with Crippen LogP contribution in [0.2, 0.25) is 0 Å². The Hall–Kier alpha value is -3.32. The van der Waals surface area contributed by atoms with Gasteiger partial charge >= 0.3 is 11.4 Å². The Kier molecular flexibility index (Phi) is 21.8. The van der Waals surface area contributed by atoms with Crippen molar-refractivity contribution in [1.29, 1.82) is 0 Å². The van der Waals surface area contributed by atoms with Gasteiger partial charge < -0.3 is 42.9 Å². The van der Waals surface area contributed by atoms with E-state index in [1.165, 1.54) is 20.3 Å². The van der Waals surface area contributed by atoms with Gasteiger partial charge in [-0.3, -0.25) is 27.9 Å². The first-order chi connectivity index (χ1) is 28.1. The van der Waals surface area contributed by atoms with Crippen LogP contribution in [0.4, 0.5) is 0 Å². The summed E-state index contributed by atoms with van der Waals surface area (Å²) in [4.78, 5) is 53.6. The Morgan fingerprint density at radius 1 is 0.433 bits per heavy atom. The minimum Gasteiger partial charge on any atom is -1.00 e. The molecule has 60 heavy (non-hydrogen) atoms. The van der Waals surface area contributed by atoms with Crippen LogP contribution in [-0.4, -0.2) is 66.5 Å². The van der Waals surface area contributed by atoms with Crippen LogP contribution in [0.5, 0.6) is 0 Å². The first-order valence-electron chi connectivity index (χ1n) is 22.5. The molecule has 0 unspecified atom stereocenters. The first-order valence-corrected chi connectivity index (χ1v) is 22.5. The summed E-state index contributed by atoms with van der Waals surface area (Å²) in [6, 6.07) is 24.8. The van der Waals surface area contributed by atoms with Gasteiger partial charge in [0.05, 0.1) is 39.3 Å². The zero-order valence-corrected chi connectivity index (χ0v) is 40.1. The minimum absolute atomic E-state index is 0. The second kappa shape index (κ2) is 25.6. The Labute approximate surface area is 379 Å². The maximum absolute atomic E-state index is 13.7. The summed E-state index contributed by atoms with van der Waals surface area (Å²) in [5.74, 6) is 0. The molecule has 0 amide bonds. The van der Waals surface area contributed by atoms with Gasteiger partial charge in [-0.15, -0.1) is 0 Å². The van der Waals surface area contributed by atoms with E-state index in [-0.39, 0.29) is 56.5 Å².